The molecule has 1 aliphatic heterocycles. The summed E-state index contributed by atoms with van der Waals surface area (Å²) in [4.78, 5) is 0. The number of hydrogen-bond acceptors (Lipinski definition) is 2. The highest BCUT2D eigenvalue weighted by molar-refractivity contribution is 9.10. The second kappa shape index (κ2) is 6.16. The van der Waals surface area contributed by atoms with Crippen LogP contribution in [0.1, 0.15) is 24.1 Å². The molecule has 1 aliphatic rings. The highest BCUT2D eigenvalue weighted by Crippen LogP contribution is 2.28. The Hall–Kier alpha value is -1.39. The lowest BCUT2D eigenvalue weighted by Crippen LogP contribution is -2.32. The molecule has 0 bridgehead atoms. The van der Waals surface area contributed by atoms with Gasteiger partial charge in [-0.15, -0.1) is 0 Å². The standard InChI is InChI=1S/C17H17BrFNO/c1-11(15-7-6-13(18)9-16(15)19)20-10-14-8-12-4-2-3-5-17(12)21-14/h2-7,9,11,14,20H,8,10H2,1H3. The summed E-state index contributed by atoms with van der Waals surface area (Å²) >= 11 is 3.27. The van der Waals surface area contributed by atoms with Crippen molar-refractivity contribution < 1.29 is 9.13 Å². The maximum absolute atomic E-state index is 13.9. The molecule has 0 spiro atoms. The summed E-state index contributed by atoms with van der Waals surface area (Å²) in [5, 5.41) is 3.36. The number of ether oxygens (including phenoxy) is 1. The van der Waals surface area contributed by atoms with Crippen molar-refractivity contribution in [2.24, 2.45) is 0 Å². The summed E-state index contributed by atoms with van der Waals surface area (Å²) in [6.45, 7) is 2.67. The first-order valence-electron chi connectivity index (χ1n) is 7.06. The van der Waals surface area contributed by atoms with E-state index in [0.717, 1.165) is 16.6 Å². The Morgan fingerprint density at radius 1 is 1.33 bits per heavy atom. The first-order valence-corrected chi connectivity index (χ1v) is 7.85. The Balaban J connectivity index is 1.59. The van der Waals surface area contributed by atoms with E-state index in [1.54, 1.807) is 6.07 Å². The second-order valence-electron chi connectivity index (χ2n) is 5.35. The molecule has 0 saturated carbocycles. The Morgan fingerprint density at radius 3 is 2.90 bits per heavy atom. The van der Waals surface area contributed by atoms with Crippen molar-refractivity contribution in [2.45, 2.75) is 25.5 Å². The van der Waals surface area contributed by atoms with Crippen LogP contribution < -0.4 is 10.1 Å². The van der Waals surface area contributed by atoms with E-state index >= 15 is 0 Å². The lowest BCUT2D eigenvalue weighted by Gasteiger charge is -2.18. The molecule has 110 valence electrons. The van der Waals surface area contributed by atoms with Crippen LogP contribution in [0.25, 0.3) is 0 Å². The summed E-state index contributed by atoms with van der Waals surface area (Å²) in [5.41, 5.74) is 1.92. The molecular weight excluding hydrogens is 333 g/mol. The third-order valence-corrected chi connectivity index (χ3v) is 4.29. The van der Waals surface area contributed by atoms with E-state index in [4.69, 9.17) is 4.74 Å². The van der Waals surface area contributed by atoms with Gasteiger partial charge in [0.25, 0.3) is 0 Å². The van der Waals surface area contributed by atoms with Crippen LogP contribution in [0.2, 0.25) is 0 Å². The van der Waals surface area contributed by atoms with Gasteiger partial charge in [0.05, 0.1) is 0 Å². The lowest BCUT2D eigenvalue weighted by molar-refractivity contribution is 0.222. The molecule has 1 N–H and O–H groups in total. The molecule has 2 aromatic rings. The van der Waals surface area contributed by atoms with Gasteiger partial charge >= 0.3 is 0 Å². The van der Waals surface area contributed by atoms with Crippen molar-refractivity contribution in [3.63, 3.8) is 0 Å². The van der Waals surface area contributed by atoms with E-state index in [0.29, 0.717) is 12.1 Å². The Bertz CT molecular complexity index is 621. The summed E-state index contributed by atoms with van der Waals surface area (Å²) in [7, 11) is 0. The third kappa shape index (κ3) is 3.27. The summed E-state index contributed by atoms with van der Waals surface area (Å²) in [5.74, 6) is 0.770. The first kappa shape index (κ1) is 14.5. The summed E-state index contributed by atoms with van der Waals surface area (Å²) in [6, 6.07) is 13.2. The van der Waals surface area contributed by atoms with Crippen molar-refractivity contribution in [1.29, 1.82) is 0 Å². The van der Waals surface area contributed by atoms with Gasteiger partial charge in [0.2, 0.25) is 0 Å². The third-order valence-electron chi connectivity index (χ3n) is 3.79. The van der Waals surface area contributed by atoms with Crippen LogP contribution in [0.5, 0.6) is 5.75 Å². The van der Waals surface area contributed by atoms with Gasteiger partial charge in [-0.25, -0.2) is 4.39 Å². The molecule has 21 heavy (non-hydrogen) atoms. The van der Waals surface area contributed by atoms with Gasteiger partial charge in [0.1, 0.15) is 17.7 Å². The number of para-hydroxylation sites is 1. The molecule has 4 heteroatoms. The maximum atomic E-state index is 13.9. The number of fused-ring (bicyclic) bond motifs is 1. The fourth-order valence-electron chi connectivity index (χ4n) is 2.64. The average Bonchev–Trinajstić information content (AvgIpc) is 2.87. The normalized spacial score (nSPS) is 18.1. The zero-order chi connectivity index (χ0) is 14.8. The number of nitrogens with one attached hydrogen (secondary N) is 1. The second-order valence-corrected chi connectivity index (χ2v) is 6.26. The molecule has 0 amide bonds. The molecule has 2 nitrogen and oxygen atoms in total. The zero-order valence-electron chi connectivity index (χ0n) is 11.8. The Labute approximate surface area is 132 Å². The lowest BCUT2D eigenvalue weighted by atomic mass is 10.1. The number of hydrogen-bond donors (Lipinski definition) is 1. The summed E-state index contributed by atoms with van der Waals surface area (Å²) in [6.07, 6.45) is 1.02. The highest BCUT2D eigenvalue weighted by atomic mass is 79.9. The van der Waals surface area contributed by atoms with Gasteiger partial charge < -0.3 is 10.1 Å². The maximum Gasteiger partial charge on any atom is 0.129 e. The molecule has 2 unspecified atom stereocenters. The van der Waals surface area contributed by atoms with E-state index in [2.05, 4.69) is 27.3 Å². The largest absolute Gasteiger partial charge is 0.488 e. The SMILES string of the molecule is CC(NCC1Cc2ccccc2O1)c1ccc(Br)cc1F. The Kier molecular flexibility index (Phi) is 4.27. The number of benzene rings is 2. The van der Waals surface area contributed by atoms with E-state index in [-0.39, 0.29) is 18.0 Å². The van der Waals surface area contributed by atoms with Gasteiger partial charge in [0, 0.05) is 29.0 Å². The van der Waals surface area contributed by atoms with Crippen LogP contribution >= 0.6 is 15.9 Å². The summed E-state index contributed by atoms with van der Waals surface area (Å²) < 4.78 is 20.5. The monoisotopic (exact) mass is 349 g/mol. The van der Waals surface area contributed by atoms with E-state index in [1.807, 2.05) is 31.2 Å². The van der Waals surface area contributed by atoms with Crippen molar-refractivity contribution in [2.75, 3.05) is 6.54 Å². The van der Waals surface area contributed by atoms with Crippen molar-refractivity contribution in [3.8, 4) is 5.75 Å². The van der Waals surface area contributed by atoms with Crippen LogP contribution in [0.4, 0.5) is 4.39 Å². The van der Waals surface area contributed by atoms with Crippen LogP contribution in [-0.2, 0) is 6.42 Å². The van der Waals surface area contributed by atoms with Gasteiger partial charge in [-0.2, -0.15) is 0 Å². The van der Waals surface area contributed by atoms with E-state index in [9.17, 15) is 4.39 Å². The minimum atomic E-state index is -0.194. The quantitative estimate of drug-likeness (QED) is 0.891. The van der Waals surface area contributed by atoms with Crippen LogP contribution in [0, 0.1) is 5.82 Å². The molecule has 0 aliphatic carbocycles. The molecule has 2 aromatic carbocycles. The van der Waals surface area contributed by atoms with Gasteiger partial charge in [-0.1, -0.05) is 40.2 Å². The topological polar surface area (TPSA) is 21.3 Å². The molecule has 2 atom stereocenters. The molecule has 3 rings (SSSR count). The highest BCUT2D eigenvalue weighted by Gasteiger charge is 2.23. The van der Waals surface area contributed by atoms with Crippen LogP contribution in [0.3, 0.4) is 0 Å². The molecule has 0 aromatic heterocycles. The molecule has 1 heterocycles. The fraction of sp³-hybridized carbons (Fsp3) is 0.294. The van der Waals surface area contributed by atoms with E-state index < -0.39 is 0 Å². The predicted molar refractivity (Wildman–Crippen MR) is 85.1 cm³/mol. The number of rotatable bonds is 4. The molecule has 0 saturated heterocycles. The average molecular weight is 350 g/mol. The van der Waals surface area contributed by atoms with Crippen LogP contribution in [-0.4, -0.2) is 12.6 Å². The number of halogens is 2. The Morgan fingerprint density at radius 2 is 2.14 bits per heavy atom. The van der Waals surface area contributed by atoms with Crippen LogP contribution in [0.15, 0.2) is 46.9 Å². The molecule has 0 radical (unpaired) electrons. The minimum absolute atomic E-state index is 0.0505. The van der Waals surface area contributed by atoms with Gasteiger partial charge in [-0.05, 0) is 30.7 Å². The predicted octanol–water partition coefficient (Wildman–Crippen LogP) is 4.24. The first-order chi connectivity index (χ1) is 10.1. The van der Waals surface area contributed by atoms with E-state index in [1.165, 1.54) is 11.6 Å². The van der Waals surface area contributed by atoms with Crippen molar-refractivity contribution in [3.05, 3.63) is 63.9 Å². The van der Waals surface area contributed by atoms with Crippen molar-refractivity contribution >= 4 is 15.9 Å². The fourth-order valence-corrected chi connectivity index (χ4v) is 2.97. The smallest absolute Gasteiger partial charge is 0.129 e. The van der Waals surface area contributed by atoms with Crippen molar-refractivity contribution in [1.82, 2.24) is 5.32 Å². The van der Waals surface area contributed by atoms with Gasteiger partial charge in [0.15, 0.2) is 0 Å². The minimum Gasteiger partial charge on any atom is -0.488 e. The zero-order valence-corrected chi connectivity index (χ0v) is 13.4. The molecule has 0 fully saturated rings. The molecular formula is C17H17BrFNO. The van der Waals surface area contributed by atoms with Gasteiger partial charge in [-0.3, -0.25) is 0 Å².